The van der Waals surface area contributed by atoms with Gasteiger partial charge in [0.2, 0.25) is 23.6 Å². The molecular formula is C46H47N8O6+. The van der Waals surface area contributed by atoms with Gasteiger partial charge in [0, 0.05) is 50.0 Å². The number of anilines is 1. The number of nitrogens with one attached hydrogen (secondary N) is 4. The lowest BCUT2D eigenvalue weighted by atomic mass is 10.0. The number of aromatic nitrogens is 3. The molecule has 5 atom stereocenters. The smallest absolute Gasteiger partial charge is 0.428 e. The van der Waals surface area contributed by atoms with Gasteiger partial charge in [0.1, 0.15) is 17.9 Å². The van der Waals surface area contributed by atoms with Crippen LogP contribution in [0.15, 0.2) is 114 Å². The second-order valence-electron chi connectivity index (χ2n) is 15.6. The fraction of sp³-hybridized carbons (Fsp3) is 0.283. The Morgan fingerprint density at radius 2 is 1.45 bits per heavy atom. The topological polar surface area (TPSA) is 179 Å². The molecule has 6 amide bonds. The molecular weight excluding hydrogens is 761 g/mol. The Morgan fingerprint density at radius 3 is 2.10 bits per heavy atom. The Labute approximate surface area is 347 Å². The number of hydrogen-bond acceptors (Lipinski definition) is 8. The summed E-state index contributed by atoms with van der Waals surface area (Å²) in [5, 5.41) is 8.59. The minimum absolute atomic E-state index is 0.179. The molecule has 2 saturated heterocycles. The maximum atomic E-state index is 14.3. The molecule has 0 aliphatic carbocycles. The zero-order chi connectivity index (χ0) is 42.0. The van der Waals surface area contributed by atoms with Gasteiger partial charge in [0.05, 0.1) is 29.8 Å². The zero-order valence-electron chi connectivity index (χ0n) is 33.7. The highest BCUT2D eigenvalue weighted by molar-refractivity contribution is 5.96. The van der Waals surface area contributed by atoms with Crippen molar-refractivity contribution in [3.63, 3.8) is 0 Å². The number of rotatable bonds is 10. The van der Waals surface area contributed by atoms with Crippen molar-refractivity contribution < 1.29 is 32.9 Å². The van der Waals surface area contributed by atoms with E-state index in [0.717, 1.165) is 35.0 Å². The van der Waals surface area contributed by atoms with Crippen LogP contribution >= 0.6 is 0 Å². The van der Waals surface area contributed by atoms with E-state index in [4.69, 9.17) is 9.40 Å². The Bertz CT molecular complexity index is 2550. The van der Waals surface area contributed by atoms with Gasteiger partial charge < -0.3 is 24.9 Å². The maximum absolute atomic E-state index is 14.3. The molecule has 4 heterocycles. The number of H-pyrrole nitrogens is 1. The van der Waals surface area contributed by atoms with Crippen LogP contribution in [0.3, 0.4) is 0 Å². The summed E-state index contributed by atoms with van der Waals surface area (Å²) < 4.78 is 5.79. The SMILES string of the molecule is CC(=O)N[C@@H](C(=O)N1CCC[C@H]1c1nc2ccc(-c3cnc(-c4ccc(NC(=O)[N+]5(C(=O)[C@H](NC(C)=O)c6ccccc6)CCC[C@H]5C)cc4)o3)cc2[nH]1)c1ccccc1. The Kier molecular flexibility index (Phi) is 11.1. The number of fused-ring (bicyclic) bond motifs is 1. The molecule has 2 fully saturated rings. The number of imidazole rings is 1. The molecule has 0 radical (unpaired) electrons. The number of nitrogens with zero attached hydrogens (tertiary/aromatic N) is 4. The number of urea groups is 1. The van der Waals surface area contributed by atoms with Gasteiger partial charge in [0.25, 0.3) is 0 Å². The molecule has 1 unspecified atom stereocenters. The Hall–Kier alpha value is -6.93. The van der Waals surface area contributed by atoms with Crippen molar-refractivity contribution in [3.05, 3.63) is 126 Å². The van der Waals surface area contributed by atoms with Crippen molar-refractivity contribution in [3.8, 4) is 22.8 Å². The molecule has 4 N–H and O–H groups in total. The number of likely N-dealkylation sites (tertiary alicyclic amines) is 2. The highest BCUT2D eigenvalue weighted by atomic mass is 16.4. The number of benzene rings is 4. The molecule has 14 heteroatoms. The highest BCUT2D eigenvalue weighted by Crippen LogP contribution is 2.36. The maximum Gasteiger partial charge on any atom is 0.428 e. The lowest BCUT2D eigenvalue weighted by Crippen LogP contribution is -2.63. The van der Waals surface area contributed by atoms with Crippen molar-refractivity contribution in [1.82, 2.24) is 30.5 Å². The molecule has 0 bridgehead atoms. The van der Waals surface area contributed by atoms with E-state index in [-0.39, 0.29) is 35.7 Å². The monoisotopic (exact) mass is 807 g/mol. The van der Waals surface area contributed by atoms with Crippen molar-refractivity contribution in [2.45, 2.75) is 70.6 Å². The third-order valence-corrected chi connectivity index (χ3v) is 11.6. The van der Waals surface area contributed by atoms with Gasteiger partial charge in [0.15, 0.2) is 11.8 Å². The lowest BCUT2D eigenvalue weighted by Gasteiger charge is -2.35. The fourth-order valence-electron chi connectivity index (χ4n) is 8.59. The first-order valence-electron chi connectivity index (χ1n) is 20.3. The quantitative estimate of drug-likeness (QED) is 0.104. The van der Waals surface area contributed by atoms with E-state index in [1.54, 1.807) is 59.6 Å². The van der Waals surface area contributed by atoms with E-state index in [1.165, 1.54) is 13.8 Å². The third kappa shape index (κ3) is 7.81. The van der Waals surface area contributed by atoms with E-state index < -0.39 is 22.6 Å². The van der Waals surface area contributed by atoms with Crippen molar-refractivity contribution in [1.29, 1.82) is 0 Å². The molecule has 60 heavy (non-hydrogen) atoms. The number of quaternary nitrogens is 1. The average molecular weight is 808 g/mol. The summed E-state index contributed by atoms with van der Waals surface area (Å²) in [5.41, 5.74) is 4.83. The number of amides is 6. The van der Waals surface area contributed by atoms with Gasteiger partial charge >= 0.3 is 11.9 Å². The van der Waals surface area contributed by atoms with E-state index in [1.807, 2.05) is 61.5 Å². The number of carbonyl (C=O) groups excluding carboxylic acids is 5. The first kappa shape index (κ1) is 39.9. The summed E-state index contributed by atoms with van der Waals surface area (Å²) in [6, 6.07) is 28.3. The summed E-state index contributed by atoms with van der Waals surface area (Å²) in [6.07, 6.45) is 4.58. The zero-order valence-corrected chi connectivity index (χ0v) is 33.7. The summed E-state index contributed by atoms with van der Waals surface area (Å²) in [5.74, 6) is 0.403. The second kappa shape index (κ2) is 16.7. The molecule has 306 valence electrons. The minimum atomic E-state index is -0.976. The standard InChI is InChI=1S/C46H46N8O6/c1-28-12-11-25-54(28,45(58)41(49-30(3)56)32-15-8-5-9-16-32)46(59)50-35-21-18-33(19-22-35)43-47-27-39(60-43)34-20-23-36-37(26-34)52-42(51-36)38-17-10-24-53(38)44(57)40(48-29(2)55)31-13-6-4-7-14-31/h4-9,13-16,18-23,26-28,38,40-41H,10-12,17,24-25H2,1-3H3,(H3-,47,48,49,50,51,52,55,56,59)/p+1/t28-,38+,40-,41-,54?/m1/s1. The van der Waals surface area contributed by atoms with Crippen LogP contribution in [0.4, 0.5) is 10.5 Å². The summed E-state index contributed by atoms with van der Waals surface area (Å²) in [4.78, 5) is 81.3. The molecule has 2 aliphatic heterocycles. The molecule has 2 aliphatic rings. The van der Waals surface area contributed by atoms with Crippen LogP contribution in [0.2, 0.25) is 0 Å². The number of hydrogen-bond donors (Lipinski definition) is 4. The lowest BCUT2D eigenvalue weighted by molar-refractivity contribution is -0.783. The summed E-state index contributed by atoms with van der Waals surface area (Å²) in [6.45, 7) is 5.55. The molecule has 6 aromatic rings. The van der Waals surface area contributed by atoms with Gasteiger partial charge in [-0.1, -0.05) is 60.7 Å². The molecule has 0 spiro atoms. The van der Waals surface area contributed by atoms with E-state index >= 15 is 0 Å². The van der Waals surface area contributed by atoms with Crippen molar-refractivity contribution in [2.24, 2.45) is 0 Å². The molecule has 14 nitrogen and oxygen atoms in total. The van der Waals surface area contributed by atoms with Gasteiger partial charge in [-0.15, -0.1) is 0 Å². The molecule has 4 aromatic carbocycles. The molecule has 8 rings (SSSR count). The number of imide groups is 1. The fourth-order valence-corrected chi connectivity index (χ4v) is 8.59. The molecule has 0 saturated carbocycles. The van der Waals surface area contributed by atoms with Crippen LogP contribution < -0.4 is 16.0 Å². The highest BCUT2D eigenvalue weighted by Gasteiger charge is 2.55. The van der Waals surface area contributed by atoms with Crippen molar-refractivity contribution in [2.75, 3.05) is 18.4 Å². The minimum Gasteiger partial charge on any atom is -0.436 e. The Morgan fingerprint density at radius 1 is 0.800 bits per heavy atom. The van der Waals surface area contributed by atoms with Crippen LogP contribution in [0, 0.1) is 0 Å². The van der Waals surface area contributed by atoms with E-state index in [2.05, 4.69) is 25.9 Å². The second-order valence-corrected chi connectivity index (χ2v) is 15.6. The van der Waals surface area contributed by atoms with Crippen molar-refractivity contribution >= 4 is 46.4 Å². The largest absolute Gasteiger partial charge is 0.436 e. The predicted octanol–water partition coefficient (Wildman–Crippen LogP) is 7.36. The number of aromatic amines is 1. The number of carbonyl (C=O) groups is 5. The van der Waals surface area contributed by atoms with Gasteiger partial charge in [-0.3, -0.25) is 19.7 Å². The summed E-state index contributed by atoms with van der Waals surface area (Å²) in [7, 11) is 0. The third-order valence-electron chi connectivity index (χ3n) is 11.6. The van der Waals surface area contributed by atoms with E-state index in [9.17, 15) is 24.0 Å². The predicted molar refractivity (Wildman–Crippen MR) is 225 cm³/mol. The van der Waals surface area contributed by atoms with Crippen LogP contribution in [-0.2, 0) is 19.2 Å². The van der Waals surface area contributed by atoms with Gasteiger partial charge in [-0.25, -0.2) is 19.6 Å². The van der Waals surface area contributed by atoms with Crippen LogP contribution in [0.25, 0.3) is 33.8 Å². The summed E-state index contributed by atoms with van der Waals surface area (Å²) >= 11 is 0. The van der Waals surface area contributed by atoms with Crippen LogP contribution in [0.5, 0.6) is 0 Å². The molecule has 2 aromatic heterocycles. The van der Waals surface area contributed by atoms with Gasteiger partial charge in [-0.2, -0.15) is 4.48 Å². The average Bonchev–Trinajstić information content (AvgIpc) is 4.09. The number of oxazole rings is 1. The van der Waals surface area contributed by atoms with Crippen LogP contribution in [-0.4, -0.2) is 73.1 Å². The Balaban J connectivity index is 0.972. The van der Waals surface area contributed by atoms with Crippen LogP contribution in [0.1, 0.15) is 81.5 Å². The van der Waals surface area contributed by atoms with E-state index in [0.29, 0.717) is 60.2 Å². The first-order valence-corrected chi connectivity index (χ1v) is 20.3. The van der Waals surface area contributed by atoms with Gasteiger partial charge in [-0.05, 0) is 73.4 Å². The normalized spacial score (nSPS) is 19.8. The first-order chi connectivity index (χ1) is 29.0.